The fraction of sp³-hybridized carbons (Fsp3) is 0.176. The number of halogens is 2. The van der Waals surface area contributed by atoms with Crippen molar-refractivity contribution in [2.45, 2.75) is 19.3 Å². The van der Waals surface area contributed by atoms with Gasteiger partial charge in [0.25, 0.3) is 0 Å². The first-order chi connectivity index (χ1) is 11.1. The predicted octanol–water partition coefficient (Wildman–Crippen LogP) is 4.71. The van der Waals surface area contributed by atoms with E-state index in [0.717, 1.165) is 23.0 Å². The highest BCUT2D eigenvalue weighted by atomic mass is 32.1. The molecular formula is C17H14F2N2OS. The number of thiazole rings is 1. The Labute approximate surface area is 136 Å². The number of nitrogens with one attached hydrogen (secondary N) is 1. The van der Waals surface area contributed by atoms with E-state index >= 15 is 0 Å². The fourth-order valence-electron chi connectivity index (χ4n) is 2.46. The number of hydrogen-bond donors (Lipinski definition) is 1. The molecule has 23 heavy (non-hydrogen) atoms. The smallest absolute Gasteiger partial charge is 0.233 e. The first-order valence-electron chi connectivity index (χ1n) is 7.20. The number of hydrogen-bond acceptors (Lipinski definition) is 3. The SMILES string of the molecule is CCC(C(=O)Nc1nc2c(F)cc(F)cc2s1)c1ccccc1. The molecule has 3 rings (SSSR count). The van der Waals surface area contributed by atoms with Crippen molar-refractivity contribution in [2.75, 3.05) is 5.32 Å². The Balaban J connectivity index is 1.86. The predicted molar refractivity (Wildman–Crippen MR) is 87.6 cm³/mol. The molecule has 6 heteroatoms. The molecule has 0 saturated heterocycles. The van der Waals surface area contributed by atoms with Gasteiger partial charge in [-0.1, -0.05) is 48.6 Å². The van der Waals surface area contributed by atoms with E-state index in [1.165, 1.54) is 6.07 Å². The van der Waals surface area contributed by atoms with Crippen LogP contribution in [0.25, 0.3) is 10.2 Å². The summed E-state index contributed by atoms with van der Waals surface area (Å²) in [6.07, 6.45) is 0.629. The van der Waals surface area contributed by atoms with E-state index < -0.39 is 11.6 Å². The lowest BCUT2D eigenvalue weighted by Gasteiger charge is -2.13. The highest BCUT2D eigenvalue weighted by Crippen LogP contribution is 2.30. The maximum Gasteiger partial charge on any atom is 0.233 e. The molecule has 1 amide bonds. The minimum Gasteiger partial charge on any atom is -0.301 e. The number of amides is 1. The van der Waals surface area contributed by atoms with E-state index in [4.69, 9.17) is 0 Å². The number of rotatable bonds is 4. The number of carbonyl (C=O) groups excluding carboxylic acids is 1. The highest BCUT2D eigenvalue weighted by Gasteiger charge is 2.20. The van der Waals surface area contributed by atoms with Crippen LogP contribution in [0, 0.1) is 11.6 Å². The largest absolute Gasteiger partial charge is 0.301 e. The summed E-state index contributed by atoms with van der Waals surface area (Å²) in [5, 5.41) is 2.97. The molecule has 1 N–H and O–H groups in total. The monoisotopic (exact) mass is 332 g/mol. The summed E-state index contributed by atoms with van der Waals surface area (Å²) in [6.45, 7) is 1.92. The van der Waals surface area contributed by atoms with Crippen molar-refractivity contribution in [3.8, 4) is 0 Å². The van der Waals surface area contributed by atoms with Crippen LogP contribution in [-0.2, 0) is 4.79 Å². The second kappa shape index (κ2) is 6.42. The number of carbonyl (C=O) groups is 1. The van der Waals surface area contributed by atoms with Crippen molar-refractivity contribution in [3.05, 3.63) is 59.7 Å². The van der Waals surface area contributed by atoms with Crippen molar-refractivity contribution < 1.29 is 13.6 Å². The minimum atomic E-state index is -0.730. The lowest BCUT2D eigenvalue weighted by atomic mass is 9.96. The maximum atomic E-state index is 13.7. The van der Waals surface area contributed by atoms with Gasteiger partial charge in [0.15, 0.2) is 10.9 Å². The Kier molecular flexibility index (Phi) is 4.34. The molecule has 1 heterocycles. The Bertz CT molecular complexity index is 848. The maximum absolute atomic E-state index is 13.7. The van der Waals surface area contributed by atoms with Crippen LogP contribution in [0.3, 0.4) is 0 Å². The van der Waals surface area contributed by atoms with Crippen molar-refractivity contribution in [3.63, 3.8) is 0 Å². The molecule has 0 radical (unpaired) electrons. The van der Waals surface area contributed by atoms with Crippen LogP contribution in [-0.4, -0.2) is 10.9 Å². The molecule has 0 bridgehead atoms. The van der Waals surface area contributed by atoms with Crippen molar-refractivity contribution >= 4 is 32.6 Å². The van der Waals surface area contributed by atoms with Gasteiger partial charge in [-0.05, 0) is 18.1 Å². The number of fused-ring (bicyclic) bond motifs is 1. The molecule has 0 aliphatic carbocycles. The van der Waals surface area contributed by atoms with Gasteiger partial charge in [0.1, 0.15) is 11.3 Å². The third-order valence-electron chi connectivity index (χ3n) is 3.57. The van der Waals surface area contributed by atoms with E-state index in [1.54, 1.807) is 0 Å². The molecule has 0 saturated carbocycles. The summed E-state index contributed by atoms with van der Waals surface area (Å²) >= 11 is 1.05. The zero-order chi connectivity index (χ0) is 16.4. The van der Waals surface area contributed by atoms with Crippen LogP contribution in [0.15, 0.2) is 42.5 Å². The molecule has 3 nitrogen and oxygen atoms in total. The molecule has 1 unspecified atom stereocenters. The van der Waals surface area contributed by atoms with Crippen LogP contribution in [0.1, 0.15) is 24.8 Å². The van der Waals surface area contributed by atoms with Crippen LogP contribution < -0.4 is 5.32 Å². The number of anilines is 1. The Hall–Kier alpha value is -2.34. The van der Waals surface area contributed by atoms with E-state index in [-0.39, 0.29) is 22.5 Å². The molecule has 1 aromatic heterocycles. The second-order valence-corrected chi connectivity index (χ2v) is 6.14. The molecule has 3 aromatic rings. The molecule has 0 aliphatic heterocycles. The third-order valence-corrected chi connectivity index (χ3v) is 4.49. The van der Waals surface area contributed by atoms with E-state index in [1.807, 2.05) is 37.3 Å². The Morgan fingerprint density at radius 3 is 2.70 bits per heavy atom. The molecular weight excluding hydrogens is 318 g/mol. The fourth-order valence-corrected chi connectivity index (χ4v) is 3.37. The summed E-state index contributed by atoms with van der Waals surface area (Å²) < 4.78 is 27.3. The first-order valence-corrected chi connectivity index (χ1v) is 8.01. The van der Waals surface area contributed by atoms with E-state index in [2.05, 4.69) is 10.3 Å². The summed E-state index contributed by atoms with van der Waals surface area (Å²) in [6, 6.07) is 11.4. The Morgan fingerprint density at radius 2 is 2.00 bits per heavy atom. The zero-order valence-electron chi connectivity index (χ0n) is 12.3. The number of aromatic nitrogens is 1. The van der Waals surface area contributed by atoms with Gasteiger partial charge in [-0.15, -0.1) is 0 Å². The van der Waals surface area contributed by atoms with Crippen molar-refractivity contribution in [2.24, 2.45) is 0 Å². The van der Waals surface area contributed by atoms with Gasteiger partial charge in [0.05, 0.1) is 10.6 Å². The summed E-state index contributed by atoms with van der Waals surface area (Å²) in [4.78, 5) is 16.5. The average molecular weight is 332 g/mol. The zero-order valence-corrected chi connectivity index (χ0v) is 13.2. The van der Waals surface area contributed by atoms with Crippen LogP contribution >= 0.6 is 11.3 Å². The van der Waals surface area contributed by atoms with Crippen LogP contribution in [0.2, 0.25) is 0 Å². The standard InChI is InChI=1S/C17H14F2N2OS/c1-2-12(10-6-4-3-5-7-10)16(22)21-17-20-15-13(19)8-11(18)9-14(15)23-17/h3-9,12H,2H2,1H3,(H,20,21,22). The first kappa shape index (κ1) is 15.6. The molecule has 1 atom stereocenters. The highest BCUT2D eigenvalue weighted by molar-refractivity contribution is 7.22. The van der Waals surface area contributed by atoms with Crippen molar-refractivity contribution in [1.82, 2.24) is 4.98 Å². The summed E-state index contributed by atoms with van der Waals surface area (Å²) in [7, 11) is 0. The van der Waals surface area contributed by atoms with Gasteiger partial charge in [0.2, 0.25) is 5.91 Å². The van der Waals surface area contributed by atoms with Gasteiger partial charge in [-0.2, -0.15) is 0 Å². The van der Waals surface area contributed by atoms with Gasteiger partial charge in [0, 0.05) is 6.07 Å². The summed E-state index contributed by atoms with van der Waals surface area (Å²) in [5.41, 5.74) is 0.977. The quantitative estimate of drug-likeness (QED) is 0.752. The topological polar surface area (TPSA) is 42.0 Å². The average Bonchev–Trinajstić information content (AvgIpc) is 2.91. The molecule has 0 aliphatic rings. The third kappa shape index (κ3) is 3.22. The molecule has 0 spiro atoms. The van der Waals surface area contributed by atoms with E-state index in [0.29, 0.717) is 11.1 Å². The molecule has 2 aromatic carbocycles. The minimum absolute atomic E-state index is 0.0689. The van der Waals surface area contributed by atoms with Gasteiger partial charge >= 0.3 is 0 Å². The van der Waals surface area contributed by atoms with Crippen LogP contribution in [0.5, 0.6) is 0 Å². The van der Waals surface area contributed by atoms with Crippen LogP contribution in [0.4, 0.5) is 13.9 Å². The number of benzene rings is 2. The molecule has 118 valence electrons. The van der Waals surface area contributed by atoms with Gasteiger partial charge in [-0.3, -0.25) is 4.79 Å². The van der Waals surface area contributed by atoms with Crippen molar-refractivity contribution in [1.29, 1.82) is 0 Å². The van der Waals surface area contributed by atoms with E-state index in [9.17, 15) is 13.6 Å². The second-order valence-electron chi connectivity index (χ2n) is 5.11. The normalized spacial score (nSPS) is 12.3. The van der Waals surface area contributed by atoms with Gasteiger partial charge in [-0.25, -0.2) is 13.8 Å². The number of nitrogens with zero attached hydrogens (tertiary/aromatic N) is 1. The lowest BCUT2D eigenvalue weighted by Crippen LogP contribution is -2.20. The summed E-state index contributed by atoms with van der Waals surface area (Å²) in [5.74, 6) is -1.91. The molecule has 0 fully saturated rings. The lowest BCUT2D eigenvalue weighted by molar-refractivity contribution is -0.117. The van der Waals surface area contributed by atoms with Gasteiger partial charge < -0.3 is 5.32 Å². The Morgan fingerprint density at radius 1 is 1.26 bits per heavy atom.